The SMILES string of the molecule is Cc1nn(-c2ccccc2)nc1C(=O)OCc1cccc(S(=O)(=O)N2CCOCC2)c1. The summed E-state index contributed by atoms with van der Waals surface area (Å²) in [5.41, 5.74) is 1.85. The summed E-state index contributed by atoms with van der Waals surface area (Å²) in [4.78, 5) is 14.1. The number of para-hydroxylation sites is 1. The van der Waals surface area contributed by atoms with E-state index in [1.807, 2.05) is 30.3 Å². The van der Waals surface area contributed by atoms with Gasteiger partial charge >= 0.3 is 5.97 Å². The number of nitrogens with zero attached hydrogens (tertiary/aromatic N) is 4. The molecule has 0 spiro atoms. The number of esters is 1. The third-order valence-corrected chi connectivity index (χ3v) is 6.73. The maximum Gasteiger partial charge on any atom is 0.361 e. The van der Waals surface area contributed by atoms with Crippen LogP contribution in [0.3, 0.4) is 0 Å². The lowest BCUT2D eigenvalue weighted by Crippen LogP contribution is -2.40. The number of morpholine rings is 1. The van der Waals surface area contributed by atoms with Crippen molar-refractivity contribution in [1.82, 2.24) is 19.3 Å². The van der Waals surface area contributed by atoms with Crippen molar-refractivity contribution in [3.8, 4) is 5.69 Å². The Kier molecular flexibility index (Phi) is 6.12. The van der Waals surface area contributed by atoms with E-state index in [9.17, 15) is 13.2 Å². The number of sulfonamides is 1. The van der Waals surface area contributed by atoms with Crippen molar-refractivity contribution in [3.05, 3.63) is 71.5 Å². The van der Waals surface area contributed by atoms with Crippen LogP contribution >= 0.6 is 0 Å². The highest BCUT2D eigenvalue weighted by Gasteiger charge is 2.26. The van der Waals surface area contributed by atoms with Crippen LogP contribution in [-0.2, 0) is 26.1 Å². The Morgan fingerprint density at radius 2 is 1.81 bits per heavy atom. The van der Waals surface area contributed by atoms with Crippen molar-refractivity contribution in [2.45, 2.75) is 18.4 Å². The Labute approximate surface area is 180 Å². The minimum Gasteiger partial charge on any atom is -0.456 e. The number of hydrogen-bond acceptors (Lipinski definition) is 7. The van der Waals surface area contributed by atoms with Crippen LogP contribution < -0.4 is 0 Å². The van der Waals surface area contributed by atoms with Crippen LogP contribution in [-0.4, -0.2) is 60.0 Å². The van der Waals surface area contributed by atoms with Gasteiger partial charge < -0.3 is 9.47 Å². The molecule has 0 saturated carbocycles. The molecule has 1 aliphatic rings. The largest absolute Gasteiger partial charge is 0.456 e. The number of rotatable bonds is 6. The van der Waals surface area contributed by atoms with Crippen molar-refractivity contribution in [1.29, 1.82) is 0 Å². The van der Waals surface area contributed by atoms with Crippen LogP contribution in [0.1, 0.15) is 21.7 Å². The van der Waals surface area contributed by atoms with Gasteiger partial charge in [-0.05, 0) is 36.8 Å². The molecule has 10 heteroatoms. The average molecular weight is 442 g/mol. The molecule has 0 bridgehead atoms. The lowest BCUT2D eigenvalue weighted by molar-refractivity contribution is 0.0464. The van der Waals surface area contributed by atoms with E-state index >= 15 is 0 Å². The molecule has 0 atom stereocenters. The van der Waals surface area contributed by atoms with Crippen LogP contribution in [0.4, 0.5) is 0 Å². The topological polar surface area (TPSA) is 104 Å². The van der Waals surface area contributed by atoms with Crippen molar-refractivity contribution in [3.63, 3.8) is 0 Å². The van der Waals surface area contributed by atoms with Gasteiger partial charge in [-0.2, -0.15) is 14.2 Å². The predicted octanol–water partition coefficient (Wildman–Crippen LogP) is 1.95. The smallest absolute Gasteiger partial charge is 0.361 e. The van der Waals surface area contributed by atoms with Crippen LogP contribution in [0.25, 0.3) is 5.69 Å². The molecule has 31 heavy (non-hydrogen) atoms. The van der Waals surface area contributed by atoms with E-state index < -0.39 is 16.0 Å². The molecular weight excluding hydrogens is 420 g/mol. The van der Waals surface area contributed by atoms with E-state index in [-0.39, 0.29) is 17.2 Å². The maximum atomic E-state index is 12.8. The molecular formula is C21H22N4O5S. The first kappa shape index (κ1) is 21.2. The van der Waals surface area contributed by atoms with E-state index in [1.165, 1.54) is 21.2 Å². The number of aryl methyl sites for hydroxylation is 1. The highest BCUT2D eigenvalue weighted by Crippen LogP contribution is 2.19. The van der Waals surface area contributed by atoms with Gasteiger partial charge in [0.15, 0.2) is 5.69 Å². The molecule has 0 radical (unpaired) electrons. The van der Waals surface area contributed by atoms with Crippen LogP contribution in [0, 0.1) is 6.92 Å². The maximum absolute atomic E-state index is 12.8. The third-order valence-electron chi connectivity index (χ3n) is 4.84. The van der Waals surface area contributed by atoms with Gasteiger partial charge in [-0.1, -0.05) is 30.3 Å². The quantitative estimate of drug-likeness (QED) is 0.538. The van der Waals surface area contributed by atoms with Gasteiger partial charge in [0.2, 0.25) is 10.0 Å². The summed E-state index contributed by atoms with van der Waals surface area (Å²) in [6.07, 6.45) is 0. The number of hydrogen-bond donors (Lipinski definition) is 0. The van der Waals surface area contributed by atoms with E-state index in [0.717, 1.165) is 5.69 Å². The summed E-state index contributed by atoms with van der Waals surface area (Å²) < 4.78 is 37.6. The molecule has 1 fully saturated rings. The van der Waals surface area contributed by atoms with Gasteiger partial charge in [0.05, 0.1) is 29.5 Å². The van der Waals surface area contributed by atoms with E-state index in [1.54, 1.807) is 19.1 Å². The molecule has 4 rings (SSSR count). The zero-order valence-corrected chi connectivity index (χ0v) is 17.8. The highest BCUT2D eigenvalue weighted by atomic mass is 32.2. The molecule has 3 aromatic rings. The Morgan fingerprint density at radius 3 is 2.55 bits per heavy atom. The number of aromatic nitrogens is 3. The van der Waals surface area contributed by atoms with E-state index in [4.69, 9.17) is 9.47 Å². The molecule has 1 aliphatic heterocycles. The molecule has 162 valence electrons. The Morgan fingerprint density at radius 1 is 1.06 bits per heavy atom. The lowest BCUT2D eigenvalue weighted by Gasteiger charge is -2.26. The fourth-order valence-corrected chi connectivity index (χ4v) is 4.67. The molecule has 1 saturated heterocycles. The first-order valence-electron chi connectivity index (χ1n) is 9.78. The minimum atomic E-state index is -3.62. The standard InChI is InChI=1S/C21H22N4O5S/c1-16-20(23-25(22-16)18-7-3-2-4-8-18)21(26)30-15-17-6-5-9-19(14-17)31(27,28)24-10-12-29-13-11-24/h2-9,14H,10-13,15H2,1H3. The first-order chi connectivity index (χ1) is 14.9. The monoisotopic (exact) mass is 442 g/mol. The molecule has 1 aromatic heterocycles. The van der Waals surface area contributed by atoms with Crippen LogP contribution in [0.15, 0.2) is 59.5 Å². The summed E-state index contributed by atoms with van der Waals surface area (Å²) in [6, 6.07) is 15.6. The number of ether oxygens (including phenoxy) is 2. The highest BCUT2D eigenvalue weighted by molar-refractivity contribution is 7.89. The summed E-state index contributed by atoms with van der Waals surface area (Å²) in [7, 11) is -3.62. The number of benzene rings is 2. The normalized spacial score (nSPS) is 15.0. The molecule has 9 nitrogen and oxygen atoms in total. The van der Waals surface area contributed by atoms with Gasteiger partial charge in [0, 0.05) is 13.1 Å². The Hall–Kier alpha value is -3.08. The number of carbonyl (C=O) groups excluding carboxylic acids is 1. The summed E-state index contributed by atoms with van der Waals surface area (Å²) in [6.45, 7) is 2.98. The van der Waals surface area contributed by atoms with Crippen molar-refractivity contribution in [2.75, 3.05) is 26.3 Å². The summed E-state index contributed by atoms with van der Waals surface area (Å²) in [5, 5.41) is 8.49. The first-order valence-corrected chi connectivity index (χ1v) is 11.2. The van der Waals surface area contributed by atoms with Gasteiger partial charge in [-0.3, -0.25) is 0 Å². The molecule has 0 N–H and O–H groups in total. The van der Waals surface area contributed by atoms with E-state index in [0.29, 0.717) is 37.6 Å². The lowest BCUT2D eigenvalue weighted by atomic mass is 10.2. The third kappa shape index (κ3) is 4.66. The van der Waals surface area contributed by atoms with Gasteiger partial charge in [-0.15, -0.1) is 5.10 Å². The Balaban J connectivity index is 1.46. The van der Waals surface area contributed by atoms with Crippen molar-refractivity contribution < 1.29 is 22.7 Å². The molecule has 2 aromatic carbocycles. The zero-order chi connectivity index (χ0) is 21.8. The number of carbonyl (C=O) groups is 1. The van der Waals surface area contributed by atoms with Crippen LogP contribution in [0.2, 0.25) is 0 Å². The second-order valence-corrected chi connectivity index (χ2v) is 8.94. The van der Waals surface area contributed by atoms with Crippen LogP contribution in [0.5, 0.6) is 0 Å². The summed E-state index contributed by atoms with van der Waals surface area (Å²) in [5.74, 6) is -0.624. The summed E-state index contributed by atoms with van der Waals surface area (Å²) >= 11 is 0. The van der Waals surface area contributed by atoms with Crippen molar-refractivity contribution >= 4 is 16.0 Å². The second-order valence-electron chi connectivity index (χ2n) is 7.00. The van der Waals surface area contributed by atoms with Gasteiger partial charge in [0.25, 0.3) is 0 Å². The predicted molar refractivity (Wildman–Crippen MR) is 111 cm³/mol. The second kappa shape index (κ2) is 8.96. The molecule has 0 unspecified atom stereocenters. The fourth-order valence-electron chi connectivity index (χ4n) is 3.19. The zero-order valence-electron chi connectivity index (χ0n) is 17.0. The van der Waals surface area contributed by atoms with Gasteiger partial charge in [-0.25, -0.2) is 13.2 Å². The average Bonchev–Trinajstić information content (AvgIpc) is 3.20. The fraction of sp³-hybridized carbons (Fsp3) is 0.286. The van der Waals surface area contributed by atoms with E-state index in [2.05, 4.69) is 10.2 Å². The molecule has 0 amide bonds. The molecule has 2 heterocycles. The van der Waals surface area contributed by atoms with Crippen molar-refractivity contribution in [2.24, 2.45) is 0 Å². The Bertz CT molecular complexity index is 1170. The van der Waals surface area contributed by atoms with Gasteiger partial charge in [0.1, 0.15) is 6.61 Å². The molecule has 0 aliphatic carbocycles. The minimum absolute atomic E-state index is 0.0804.